The van der Waals surface area contributed by atoms with Crippen LogP contribution in [0.1, 0.15) is 23.3 Å². The summed E-state index contributed by atoms with van der Waals surface area (Å²) < 4.78 is 10.6. The Bertz CT molecular complexity index is 1020. The summed E-state index contributed by atoms with van der Waals surface area (Å²) >= 11 is 1.64. The van der Waals surface area contributed by atoms with Crippen LogP contribution in [-0.4, -0.2) is 29.1 Å². The SMILES string of the molecule is O=C(Nc1sc2c(c1-c1nc3ccccc3[nH]1)CCCC2)C1=COCCO1. The van der Waals surface area contributed by atoms with E-state index in [-0.39, 0.29) is 11.7 Å². The maximum absolute atomic E-state index is 12.6. The first-order valence-electron chi connectivity index (χ1n) is 9.15. The molecule has 0 radical (unpaired) electrons. The molecule has 138 valence electrons. The topological polar surface area (TPSA) is 76.2 Å². The van der Waals surface area contributed by atoms with Crippen LogP contribution in [0, 0.1) is 0 Å². The number of nitrogens with zero attached hydrogens (tertiary/aromatic N) is 1. The molecule has 6 nitrogen and oxygen atoms in total. The van der Waals surface area contributed by atoms with Gasteiger partial charge in [-0.1, -0.05) is 12.1 Å². The molecule has 27 heavy (non-hydrogen) atoms. The summed E-state index contributed by atoms with van der Waals surface area (Å²) in [5.74, 6) is 0.731. The standard InChI is InChI=1S/C20H19N3O3S/c24-19(15-11-25-9-10-26-15)23-20-17(12-5-1-4-8-16(12)27-20)18-21-13-6-2-3-7-14(13)22-18/h2-3,6-7,11H,1,4-5,8-10H2,(H,21,22)(H,23,24). The van der Waals surface area contributed by atoms with Crippen LogP contribution < -0.4 is 5.32 Å². The highest BCUT2D eigenvalue weighted by Gasteiger charge is 2.26. The third-order valence-electron chi connectivity index (χ3n) is 4.90. The number of rotatable bonds is 3. The Kier molecular flexibility index (Phi) is 4.09. The average molecular weight is 381 g/mol. The van der Waals surface area contributed by atoms with E-state index in [9.17, 15) is 4.79 Å². The van der Waals surface area contributed by atoms with Gasteiger partial charge in [0.05, 0.1) is 16.6 Å². The number of ether oxygens (including phenoxy) is 2. The number of aromatic amines is 1. The average Bonchev–Trinajstić information content (AvgIpc) is 3.29. The third kappa shape index (κ3) is 2.98. The molecule has 0 atom stereocenters. The lowest BCUT2D eigenvalue weighted by Crippen LogP contribution is -2.21. The van der Waals surface area contributed by atoms with Gasteiger partial charge >= 0.3 is 0 Å². The summed E-state index contributed by atoms with van der Waals surface area (Å²) in [7, 11) is 0. The summed E-state index contributed by atoms with van der Waals surface area (Å²) in [6.07, 6.45) is 5.78. The second kappa shape index (κ2) is 6.74. The van der Waals surface area contributed by atoms with Gasteiger partial charge in [0.2, 0.25) is 5.76 Å². The van der Waals surface area contributed by atoms with E-state index in [1.54, 1.807) is 11.3 Å². The van der Waals surface area contributed by atoms with Gasteiger partial charge in [-0.3, -0.25) is 4.79 Å². The molecule has 0 spiro atoms. The minimum atomic E-state index is -0.286. The van der Waals surface area contributed by atoms with Crippen molar-refractivity contribution in [2.24, 2.45) is 0 Å². The number of nitrogens with one attached hydrogen (secondary N) is 2. The Morgan fingerprint density at radius 1 is 1.19 bits per heavy atom. The molecular formula is C20H19N3O3S. The molecule has 2 aromatic heterocycles. The number of hydrogen-bond acceptors (Lipinski definition) is 5. The number of hydrogen-bond donors (Lipinski definition) is 2. The normalized spacial score (nSPS) is 16.2. The van der Waals surface area contributed by atoms with Crippen LogP contribution in [0.15, 0.2) is 36.3 Å². The van der Waals surface area contributed by atoms with E-state index in [4.69, 9.17) is 14.5 Å². The van der Waals surface area contributed by atoms with Gasteiger partial charge in [0, 0.05) is 4.88 Å². The van der Waals surface area contributed by atoms with Gasteiger partial charge in [-0.25, -0.2) is 4.98 Å². The number of imidazole rings is 1. The zero-order valence-corrected chi connectivity index (χ0v) is 15.5. The number of H-pyrrole nitrogens is 1. The molecule has 2 aliphatic rings. The number of aromatic nitrogens is 2. The number of carbonyl (C=O) groups is 1. The molecule has 1 aliphatic heterocycles. The first-order chi connectivity index (χ1) is 13.3. The fourth-order valence-corrected chi connectivity index (χ4v) is 4.91. The molecule has 2 N–H and O–H groups in total. The van der Waals surface area contributed by atoms with Gasteiger partial charge in [0.25, 0.3) is 5.91 Å². The van der Waals surface area contributed by atoms with Gasteiger partial charge in [0.1, 0.15) is 30.3 Å². The molecule has 5 rings (SSSR count). The van der Waals surface area contributed by atoms with Gasteiger partial charge in [0.15, 0.2) is 0 Å². The van der Waals surface area contributed by atoms with Crippen LogP contribution in [-0.2, 0) is 27.1 Å². The molecule has 1 aliphatic carbocycles. The summed E-state index contributed by atoms with van der Waals surface area (Å²) in [6.45, 7) is 0.852. The highest BCUT2D eigenvalue weighted by molar-refractivity contribution is 7.17. The molecule has 1 aromatic carbocycles. The van der Waals surface area contributed by atoms with E-state index >= 15 is 0 Å². The van der Waals surface area contributed by atoms with Gasteiger partial charge in [-0.15, -0.1) is 11.3 Å². The lowest BCUT2D eigenvalue weighted by Gasteiger charge is -2.15. The van der Waals surface area contributed by atoms with Crippen LogP contribution in [0.2, 0.25) is 0 Å². The molecule has 1 amide bonds. The lowest BCUT2D eigenvalue weighted by molar-refractivity contribution is -0.117. The fourth-order valence-electron chi connectivity index (χ4n) is 3.63. The van der Waals surface area contributed by atoms with E-state index in [1.807, 2.05) is 24.3 Å². The first kappa shape index (κ1) is 16.4. The van der Waals surface area contributed by atoms with E-state index in [0.29, 0.717) is 13.2 Å². The lowest BCUT2D eigenvalue weighted by atomic mass is 9.95. The highest BCUT2D eigenvalue weighted by atomic mass is 32.1. The Morgan fingerprint density at radius 3 is 2.93 bits per heavy atom. The van der Waals surface area contributed by atoms with Gasteiger partial charge in [-0.05, 0) is 43.4 Å². The molecule has 0 bridgehead atoms. The van der Waals surface area contributed by atoms with Crippen molar-refractivity contribution in [2.45, 2.75) is 25.7 Å². The van der Waals surface area contributed by atoms with Crippen LogP contribution >= 0.6 is 11.3 Å². The van der Waals surface area contributed by atoms with Crippen LogP contribution in [0.3, 0.4) is 0 Å². The van der Waals surface area contributed by atoms with Crippen molar-refractivity contribution in [3.05, 3.63) is 46.7 Å². The largest absolute Gasteiger partial charge is 0.494 e. The molecule has 3 aromatic rings. The maximum atomic E-state index is 12.6. The Balaban J connectivity index is 1.57. The molecule has 3 heterocycles. The molecule has 0 saturated heterocycles. The van der Waals surface area contributed by atoms with Crippen molar-refractivity contribution in [3.8, 4) is 11.4 Å². The number of anilines is 1. The summed E-state index contributed by atoms with van der Waals surface area (Å²) in [6, 6.07) is 7.97. The third-order valence-corrected chi connectivity index (χ3v) is 6.10. The second-order valence-electron chi connectivity index (χ2n) is 6.67. The number of thiophene rings is 1. The zero-order valence-electron chi connectivity index (χ0n) is 14.7. The summed E-state index contributed by atoms with van der Waals surface area (Å²) in [5.41, 5.74) is 4.23. The van der Waals surface area contributed by atoms with Crippen molar-refractivity contribution in [1.82, 2.24) is 9.97 Å². The number of para-hydroxylation sites is 2. The fraction of sp³-hybridized carbons (Fsp3) is 0.300. The minimum absolute atomic E-state index is 0.211. The number of amides is 1. The monoisotopic (exact) mass is 381 g/mol. The van der Waals surface area contributed by atoms with Crippen LogP contribution in [0.25, 0.3) is 22.4 Å². The first-order valence-corrected chi connectivity index (χ1v) is 9.97. The molecule has 0 fully saturated rings. The molecular weight excluding hydrogens is 362 g/mol. The van der Waals surface area contributed by atoms with E-state index in [2.05, 4.69) is 10.3 Å². The van der Waals surface area contributed by atoms with Crippen LogP contribution in [0.5, 0.6) is 0 Å². The Morgan fingerprint density at radius 2 is 2.07 bits per heavy atom. The van der Waals surface area contributed by atoms with Gasteiger partial charge in [-0.2, -0.15) is 0 Å². The van der Waals surface area contributed by atoms with Crippen molar-refractivity contribution in [3.63, 3.8) is 0 Å². The highest BCUT2D eigenvalue weighted by Crippen LogP contribution is 2.43. The number of fused-ring (bicyclic) bond motifs is 2. The number of carbonyl (C=O) groups excluding carboxylic acids is 1. The van der Waals surface area contributed by atoms with E-state index in [0.717, 1.165) is 46.7 Å². The minimum Gasteiger partial charge on any atom is -0.494 e. The molecule has 0 unspecified atom stereocenters. The van der Waals surface area contributed by atoms with Gasteiger partial charge < -0.3 is 19.8 Å². The van der Waals surface area contributed by atoms with Crippen molar-refractivity contribution >= 4 is 33.3 Å². The Labute approximate surface area is 160 Å². The number of aryl methyl sites for hydroxylation is 1. The zero-order chi connectivity index (χ0) is 18.2. The smallest absolute Gasteiger partial charge is 0.294 e. The van der Waals surface area contributed by atoms with Crippen LogP contribution in [0.4, 0.5) is 5.00 Å². The number of benzene rings is 1. The van der Waals surface area contributed by atoms with Crippen molar-refractivity contribution < 1.29 is 14.3 Å². The molecule has 7 heteroatoms. The van der Waals surface area contributed by atoms with Crippen molar-refractivity contribution in [2.75, 3.05) is 18.5 Å². The maximum Gasteiger partial charge on any atom is 0.294 e. The summed E-state index contributed by atoms with van der Waals surface area (Å²) in [5, 5.41) is 3.85. The molecule has 0 saturated carbocycles. The van der Waals surface area contributed by atoms with Crippen molar-refractivity contribution in [1.29, 1.82) is 0 Å². The quantitative estimate of drug-likeness (QED) is 0.719. The van der Waals surface area contributed by atoms with E-state index in [1.165, 1.54) is 23.1 Å². The second-order valence-corrected chi connectivity index (χ2v) is 7.78. The predicted molar refractivity (Wildman–Crippen MR) is 105 cm³/mol. The van der Waals surface area contributed by atoms with E-state index < -0.39 is 0 Å². The predicted octanol–water partition coefficient (Wildman–Crippen LogP) is 4.00. The Hall–Kier alpha value is -2.80. The summed E-state index contributed by atoms with van der Waals surface area (Å²) in [4.78, 5) is 22.2.